The van der Waals surface area contributed by atoms with Gasteiger partial charge in [0.05, 0.1) is 17.1 Å². The second-order valence-corrected chi connectivity index (χ2v) is 4.34. The van der Waals surface area contributed by atoms with Crippen molar-refractivity contribution >= 4 is 17.3 Å². The third kappa shape index (κ3) is 3.42. The Kier molecular flexibility index (Phi) is 4.11. The number of hydrogen-bond acceptors (Lipinski definition) is 6. The molecule has 0 bridgehead atoms. The fourth-order valence-electron chi connectivity index (χ4n) is 1.80. The minimum atomic E-state index is -0.486. The average Bonchev–Trinajstić information content (AvgIpc) is 2.45. The summed E-state index contributed by atoms with van der Waals surface area (Å²) in [5.74, 6) is 5.89. The minimum Gasteiger partial charge on any atom is -0.366 e. The van der Waals surface area contributed by atoms with Crippen LogP contribution in [0.1, 0.15) is 11.1 Å². The van der Waals surface area contributed by atoms with Crippen LogP contribution in [0.15, 0.2) is 36.4 Å². The number of nitrogen functional groups attached to an aromatic ring is 1. The van der Waals surface area contributed by atoms with Gasteiger partial charge in [-0.15, -0.1) is 0 Å². The molecule has 20 heavy (non-hydrogen) atoms. The largest absolute Gasteiger partial charge is 0.366 e. The van der Waals surface area contributed by atoms with Crippen molar-refractivity contribution in [1.82, 2.24) is 4.98 Å². The highest BCUT2D eigenvalue weighted by Crippen LogP contribution is 2.20. The van der Waals surface area contributed by atoms with Crippen molar-refractivity contribution in [3.05, 3.63) is 57.6 Å². The highest BCUT2D eigenvalue weighted by molar-refractivity contribution is 5.54. The molecule has 7 nitrogen and oxygen atoms in total. The van der Waals surface area contributed by atoms with E-state index in [1.54, 1.807) is 0 Å². The van der Waals surface area contributed by atoms with Gasteiger partial charge < -0.3 is 10.7 Å². The monoisotopic (exact) mass is 273 g/mol. The number of aryl methyl sites for hydroxylation is 1. The number of nitro groups is 1. The van der Waals surface area contributed by atoms with Gasteiger partial charge in [-0.05, 0) is 12.5 Å². The summed E-state index contributed by atoms with van der Waals surface area (Å²) in [6.07, 6.45) is 0. The molecule has 0 amide bonds. The molecule has 0 spiro atoms. The zero-order chi connectivity index (χ0) is 14.5. The van der Waals surface area contributed by atoms with Crippen molar-refractivity contribution in [2.45, 2.75) is 13.5 Å². The standard InChI is InChI=1S/C13H15N5O2/c1-9-3-2-4-10(5-9)8-15-12-6-11(18(19)20)7-13(16-12)17-14/h2-7H,8,14H2,1H3,(H2,15,16,17). The molecule has 0 aliphatic heterocycles. The molecule has 2 rings (SSSR count). The Morgan fingerprint density at radius 1 is 1.30 bits per heavy atom. The summed E-state index contributed by atoms with van der Waals surface area (Å²) in [5, 5.41) is 13.9. The summed E-state index contributed by atoms with van der Waals surface area (Å²) in [7, 11) is 0. The lowest BCUT2D eigenvalue weighted by Gasteiger charge is -2.08. The molecule has 104 valence electrons. The van der Waals surface area contributed by atoms with E-state index >= 15 is 0 Å². The first-order valence-electron chi connectivity index (χ1n) is 6.01. The van der Waals surface area contributed by atoms with E-state index in [0.29, 0.717) is 12.4 Å². The van der Waals surface area contributed by atoms with E-state index in [1.165, 1.54) is 12.1 Å². The number of hydrogen-bond donors (Lipinski definition) is 3. The number of aromatic nitrogens is 1. The van der Waals surface area contributed by atoms with Gasteiger partial charge in [0.2, 0.25) is 0 Å². The van der Waals surface area contributed by atoms with Gasteiger partial charge in [0.15, 0.2) is 0 Å². The molecule has 0 atom stereocenters. The fourth-order valence-corrected chi connectivity index (χ4v) is 1.80. The first-order chi connectivity index (χ1) is 9.58. The van der Waals surface area contributed by atoms with Crippen molar-refractivity contribution in [1.29, 1.82) is 0 Å². The van der Waals surface area contributed by atoms with Crippen LogP contribution >= 0.6 is 0 Å². The van der Waals surface area contributed by atoms with Crippen LogP contribution in [0.3, 0.4) is 0 Å². The second-order valence-electron chi connectivity index (χ2n) is 4.34. The number of nitrogens with two attached hydrogens (primary N) is 1. The van der Waals surface area contributed by atoms with E-state index in [-0.39, 0.29) is 11.5 Å². The molecule has 0 aliphatic carbocycles. The van der Waals surface area contributed by atoms with Crippen molar-refractivity contribution in [3.63, 3.8) is 0 Å². The van der Waals surface area contributed by atoms with Gasteiger partial charge in [-0.1, -0.05) is 29.8 Å². The molecule has 0 saturated carbocycles. The molecule has 7 heteroatoms. The zero-order valence-electron chi connectivity index (χ0n) is 11.0. The van der Waals surface area contributed by atoms with Gasteiger partial charge in [-0.2, -0.15) is 0 Å². The lowest BCUT2D eigenvalue weighted by atomic mass is 10.1. The Bertz CT molecular complexity index is 630. The third-order valence-corrected chi connectivity index (χ3v) is 2.72. The number of anilines is 2. The van der Waals surface area contributed by atoms with E-state index in [2.05, 4.69) is 15.7 Å². The number of rotatable bonds is 5. The zero-order valence-corrected chi connectivity index (χ0v) is 11.0. The Balaban J connectivity index is 2.16. The molecule has 1 heterocycles. The lowest BCUT2D eigenvalue weighted by Crippen LogP contribution is -2.11. The normalized spacial score (nSPS) is 10.1. The molecule has 2 aromatic rings. The number of pyridine rings is 1. The molecule has 0 radical (unpaired) electrons. The summed E-state index contributed by atoms with van der Waals surface area (Å²) >= 11 is 0. The summed E-state index contributed by atoms with van der Waals surface area (Å²) in [6, 6.07) is 10.6. The van der Waals surface area contributed by atoms with Crippen LogP contribution in [-0.2, 0) is 6.54 Å². The van der Waals surface area contributed by atoms with Crippen LogP contribution in [0.5, 0.6) is 0 Å². The molecule has 1 aromatic carbocycles. The average molecular weight is 273 g/mol. The van der Waals surface area contributed by atoms with Crippen LogP contribution < -0.4 is 16.6 Å². The molecule has 0 saturated heterocycles. The van der Waals surface area contributed by atoms with Crippen LogP contribution in [0.2, 0.25) is 0 Å². The SMILES string of the molecule is Cc1cccc(CNc2cc([N+](=O)[O-])cc(NN)n2)c1. The first kappa shape index (κ1) is 13.8. The topological polar surface area (TPSA) is 106 Å². The molecule has 0 aliphatic rings. The van der Waals surface area contributed by atoms with E-state index in [4.69, 9.17) is 5.84 Å². The van der Waals surface area contributed by atoms with Gasteiger partial charge >= 0.3 is 0 Å². The van der Waals surface area contributed by atoms with E-state index in [9.17, 15) is 10.1 Å². The highest BCUT2D eigenvalue weighted by Gasteiger charge is 2.10. The minimum absolute atomic E-state index is 0.0697. The van der Waals surface area contributed by atoms with E-state index in [0.717, 1.165) is 11.1 Å². The summed E-state index contributed by atoms with van der Waals surface area (Å²) in [6.45, 7) is 2.53. The molecular weight excluding hydrogens is 258 g/mol. The Labute approximate surface area is 116 Å². The van der Waals surface area contributed by atoms with Gasteiger partial charge in [0.1, 0.15) is 11.6 Å². The Morgan fingerprint density at radius 3 is 2.70 bits per heavy atom. The number of hydrazine groups is 1. The molecule has 4 N–H and O–H groups in total. The first-order valence-corrected chi connectivity index (χ1v) is 6.01. The Hall–Kier alpha value is -2.67. The van der Waals surface area contributed by atoms with Crippen molar-refractivity contribution < 1.29 is 4.92 Å². The molecule has 0 unspecified atom stereocenters. The third-order valence-electron chi connectivity index (χ3n) is 2.72. The number of nitrogens with one attached hydrogen (secondary N) is 2. The smallest absolute Gasteiger partial charge is 0.276 e. The van der Waals surface area contributed by atoms with Gasteiger partial charge in [0.25, 0.3) is 5.69 Å². The predicted octanol–water partition coefficient (Wildman–Crippen LogP) is 2.20. The van der Waals surface area contributed by atoms with Crippen molar-refractivity contribution in [2.75, 3.05) is 10.7 Å². The summed E-state index contributed by atoms with van der Waals surface area (Å²) < 4.78 is 0. The summed E-state index contributed by atoms with van der Waals surface area (Å²) in [5.41, 5.74) is 4.47. The van der Waals surface area contributed by atoms with Gasteiger partial charge in [-0.25, -0.2) is 10.8 Å². The second kappa shape index (κ2) is 5.98. The number of benzene rings is 1. The molecule has 1 aromatic heterocycles. The maximum Gasteiger partial charge on any atom is 0.276 e. The van der Waals surface area contributed by atoms with Crippen molar-refractivity contribution in [3.8, 4) is 0 Å². The molecule has 0 fully saturated rings. The predicted molar refractivity (Wildman–Crippen MR) is 77.2 cm³/mol. The number of nitrogens with zero attached hydrogens (tertiary/aromatic N) is 2. The molecular formula is C13H15N5O2. The van der Waals surface area contributed by atoms with Crippen molar-refractivity contribution in [2.24, 2.45) is 5.84 Å². The van der Waals surface area contributed by atoms with Crippen LogP contribution in [-0.4, -0.2) is 9.91 Å². The van der Waals surface area contributed by atoms with Crippen LogP contribution in [0, 0.1) is 17.0 Å². The maximum atomic E-state index is 10.8. The van der Waals surface area contributed by atoms with E-state index in [1.807, 2.05) is 31.2 Å². The quantitative estimate of drug-likeness (QED) is 0.438. The Morgan fingerprint density at radius 2 is 2.05 bits per heavy atom. The maximum absolute atomic E-state index is 10.8. The lowest BCUT2D eigenvalue weighted by molar-refractivity contribution is -0.384. The highest BCUT2D eigenvalue weighted by atomic mass is 16.6. The van der Waals surface area contributed by atoms with Crippen LogP contribution in [0.4, 0.5) is 17.3 Å². The summed E-state index contributed by atoms with van der Waals surface area (Å²) in [4.78, 5) is 14.5. The van der Waals surface area contributed by atoms with Crippen LogP contribution in [0.25, 0.3) is 0 Å². The van der Waals surface area contributed by atoms with Gasteiger partial charge in [-0.3, -0.25) is 10.1 Å². The van der Waals surface area contributed by atoms with Gasteiger partial charge in [0, 0.05) is 6.54 Å². The fraction of sp³-hybridized carbons (Fsp3) is 0.154. The van der Waals surface area contributed by atoms with E-state index < -0.39 is 4.92 Å².